The van der Waals surface area contributed by atoms with Gasteiger partial charge in [0.1, 0.15) is 5.78 Å². The SMILES string of the molecule is Cc1ccc(S(=O)(=O)NC[C@@H]2CCC[C@@H]3C(c4ccccc4C)C(=O)[C@H]23)cc1. The number of sulfonamides is 1. The van der Waals surface area contributed by atoms with E-state index in [2.05, 4.69) is 23.8 Å². The standard InChI is InChI=1S/C23H27NO3S/c1-15-10-12-18(13-11-15)28(26,27)24-14-17-7-5-9-20-21(17)23(25)22(20)19-8-4-3-6-16(19)2/h3-4,6,8,10-13,17,20-22,24H,5,7,9,14H2,1-2H3/t17-,20-,21+,22?/m0/s1. The first-order valence-corrected chi connectivity index (χ1v) is 11.5. The van der Waals surface area contributed by atoms with Gasteiger partial charge in [0.15, 0.2) is 0 Å². The summed E-state index contributed by atoms with van der Waals surface area (Å²) in [5.74, 6) is 0.697. The Balaban J connectivity index is 1.46. The van der Waals surface area contributed by atoms with Gasteiger partial charge in [0.05, 0.1) is 4.90 Å². The van der Waals surface area contributed by atoms with Crippen LogP contribution >= 0.6 is 0 Å². The molecular formula is C23H27NO3S. The first-order chi connectivity index (χ1) is 13.4. The first kappa shape index (κ1) is 19.3. The van der Waals surface area contributed by atoms with Gasteiger partial charge >= 0.3 is 0 Å². The van der Waals surface area contributed by atoms with Crippen LogP contribution in [0.4, 0.5) is 0 Å². The lowest BCUT2D eigenvalue weighted by Gasteiger charge is -2.50. The number of hydrogen-bond acceptors (Lipinski definition) is 3. The van der Waals surface area contributed by atoms with E-state index >= 15 is 0 Å². The maximum absolute atomic E-state index is 13.0. The Bertz CT molecular complexity index is 981. The van der Waals surface area contributed by atoms with Crippen molar-refractivity contribution in [1.29, 1.82) is 0 Å². The molecule has 2 aromatic carbocycles. The molecule has 4 rings (SSSR count). The normalized spacial score (nSPS) is 27.1. The molecular weight excluding hydrogens is 370 g/mol. The highest BCUT2D eigenvalue weighted by Crippen LogP contribution is 2.54. The Morgan fingerprint density at radius 3 is 2.43 bits per heavy atom. The smallest absolute Gasteiger partial charge is 0.240 e. The average molecular weight is 398 g/mol. The van der Waals surface area contributed by atoms with Crippen molar-refractivity contribution < 1.29 is 13.2 Å². The van der Waals surface area contributed by atoms with Crippen LogP contribution in [-0.2, 0) is 14.8 Å². The van der Waals surface area contributed by atoms with E-state index in [0.29, 0.717) is 18.2 Å². The Morgan fingerprint density at radius 1 is 1.00 bits per heavy atom. The van der Waals surface area contributed by atoms with Gasteiger partial charge in [-0.2, -0.15) is 0 Å². The number of rotatable bonds is 5. The van der Waals surface area contributed by atoms with E-state index in [-0.39, 0.29) is 22.6 Å². The largest absolute Gasteiger partial charge is 0.299 e. The number of carbonyl (C=O) groups is 1. The molecule has 0 radical (unpaired) electrons. The Kier molecular flexibility index (Phi) is 5.15. The number of carbonyl (C=O) groups excluding carboxylic acids is 1. The van der Waals surface area contributed by atoms with Gasteiger partial charge in [-0.05, 0) is 61.8 Å². The third kappa shape index (κ3) is 3.42. The topological polar surface area (TPSA) is 63.2 Å². The second-order valence-corrected chi connectivity index (χ2v) is 10.0. The highest BCUT2D eigenvalue weighted by atomic mass is 32.2. The Labute approximate surface area is 167 Å². The van der Waals surface area contributed by atoms with Crippen molar-refractivity contribution in [3.8, 4) is 0 Å². The van der Waals surface area contributed by atoms with Gasteiger partial charge in [-0.3, -0.25) is 4.79 Å². The molecule has 28 heavy (non-hydrogen) atoms. The van der Waals surface area contributed by atoms with Gasteiger partial charge in [-0.25, -0.2) is 13.1 Å². The number of Topliss-reactive ketones (excluding diaryl/α,β-unsaturated/α-hetero) is 1. The highest BCUT2D eigenvalue weighted by Gasteiger charge is 2.54. The van der Waals surface area contributed by atoms with Crippen molar-refractivity contribution in [3.63, 3.8) is 0 Å². The third-order valence-corrected chi connectivity index (χ3v) is 7.97. The van der Waals surface area contributed by atoms with Crippen molar-refractivity contribution in [2.24, 2.45) is 17.8 Å². The second kappa shape index (κ2) is 7.45. The average Bonchev–Trinajstić information content (AvgIpc) is 2.68. The molecule has 0 heterocycles. The van der Waals surface area contributed by atoms with Crippen molar-refractivity contribution in [3.05, 3.63) is 65.2 Å². The first-order valence-electron chi connectivity index (χ1n) is 10.0. The van der Waals surface area contributed by atoms with Gasteiger partial charge < -0.3 is 0 Å². The lowest BCUT2D eigenvalue weighted by molar-refractivity contribution is -0.143. The predicted molar refractivity (Wildman–Crippen MR) is 110 cm³/mol. The van der Waals surface area contributed by atoms with E-state index in [4.69, 9.17) is 0 Å². The third-order valence-electron chi connectivity index (χ3n) is 6.54. The summed E-state index contributed by atoms with van der Waals surface area (Å²) in [5.41, 5.74) is 3.34. The molecule has 4 nitrogen and oxygen atoms in total. The summed E-state index contributed by atoms with van der Waals surface area (Å²) >= 11 is 0. The zero-order valence-electron chi connectivity index (χ0n) is 16.4. The number of benzene rings is 2. The summed E-state index contributed by atoms with van der Waals surface area (Å²) in [7, 11) is -3.54. The van der Waals surface area contributed by atoms with E-state index < -0.39 is 10.0 Å². The molecule has 4 atom stereocenters. The molecule has 2 aliphatic rings. The van der Waals surface area contributed by atoms with Gasteiger partial charge in [-0.15, -0.1) is 0 Å². The second-order valence-electron chi connectivity index (χ2n) is 8.28. The predicted octanol–water partition coefficient (Wildman–Crippen LogP) is 3.98. The Morgan fingerprint density at radius 2 is 1.71 bits per heavy atom. The van der Waals surface area contributed by atoms with Crippen LogP contribution in [0.2, 0.25) is 0 Å². The lowest BCUT2D eigenvalue weighted by Crippen LogP contribution is -2.53. The molecule has 2 aromatic rings. The molecule has 2 saturated carbocycles. The number of aryl methyl sites for hydroxylation is 2. The molecule has 1 unspecified atom stereocenters. The van der Waals surface area contributed by atoms with E-state index in [1.165, 1.54) is 5.56 Å². The van der Waals surface area contributed by atoms with Crippen LogP contribution in [0.1, 0.15) is 41.9 Å². The van der Waals surface area contributed by atoms with E-state index in [0.717, 1.165) is 30.4 Å². The maximum atomic E-state index is 13.0. The van der Waals surface area contributed by atoms with E-state index in [9.17, 15) is 13.2 Å². The highest BCUT2D eigenvalue weighted by molar-refractivity contribution is 7.89. The van der Waals surface area contributed by atoms with E-state index in [1.54, 1.807) is 24.3 Å². The molecule has 0 spiro atoms. The summed E-state index contributed by atoms with van der Waals surface area (Å²) in [6, 6.07) is 15.0. The van der Waals surface area contributed by atoms with Crippen LogP contribution in [0.5, 0.6) is 0 Å². The van der Waals surface area contributed by atoms with E-state index in [1.807, 2.05) is 19.1 Å². The van der Waals surface area contributed by atoms with Crippen LogP contribution < -0.4 is 4.72 Å². The molecule has 0 aromatic heterocycles. The minimum Gasteiger partial charge on any atom is -0.299 e. The van der Waals surface area contributed by atoms with Crippen LogP contribution in [0.15, 0.2) is 53.4 Å². The Hall–Kier alpha value is -1.98. The zero-order chi connectivity index (χ0) is 19.9. The minimum absolute atomic E-state index is 0.0114. The molecule has 2 aliphatic carbocycles. The molecule has 0 bridgehead atoms. The number of nitrogens with one attached hydrogen (secondary N) is 1. The molecule has 2 fully saturated rings. The lowest BCUT2D eigenvalue weighted by atomic mass is 9.52. The summed E-state index contributed by atoms with van der Waals surface area (Å²) in [4.78, 5) is 13.3. The maximum Gasteiger partial charge on any atom is 0.240 e. The summed E-state index contributed by atoms with van der Waals surface area (Å²) < 4.78 is 28.0. The van der Waals surface area contributed by atoms with Gasteiger partial charge in [0.2, 0.25) is 10.0 Å². The van der Waals surface area contributed by atoms with Gasteiger partial charge in [-0.1, -0.05) is 48.4 Å². The van der Waals surface area contributed by atoms with Crippen molar-refractivity contribution in [2.75, 3.05) is 6.54 Å². The monoisotopic (exact) mass is 397 g/mol. The minimum atomic E-state index is -3.54. The summed E-state index contributed by atoms with van der Waals surface area (Å²) in [6.45, 7) is 4.33. The molecule has 1 N–H and O–H groups in total. The number of ketones is 1. The van der Waals surface area contributed by atoms with Crippen LogP contribution in [0, 0.1) is 31.6 Å². The molecule has 0 amide bonds. The van der Waals surface area contributed by atoms with Crippen molar-refractivity contribution >= 4 is 15.8 Å². The van der Waals surface area contributed by atoms with Gasteiger partial charge in [0.25, 0.3) is 0 Å². The molecule has 0 saturated heterocycles. The molecule has 0 aliphatic heterocycles. The van der Waals surface area contributed by atoms with Crippen LogP contribution in [-0.4, -0.2) is 20.7 Å². The quantitative estimate of drug-likeness (QED) is 0.830. The van der Waals surface area contributed by atoms with Gasteiger partial charge in [0, 0.05) is 18.4 Å². The fraction of sp³-hybridized carbons (Fsp3) is 0.435. The fourth-order valence-corrected chi connectivity index (χ4v) is 6.10. The molecule has 5 heteroatoms. The zero-order valence-corrected chi connectivity index (χ0v) is 17.2. The van der Waals surface area contributed by atoms with Crippen molar-refractivity contribution in [1.82, 2.24) is 4.72 Å². The number of fused-ring (bicyclic) bond motifs is 1. The van der Waals surface area contributed by atoms with Crippen LogP contribution in [0.25, 0.3) is 0 Å². The summed E-state index contributed by atoms with van der Waals surface area (Å²) in [5, 5.41) is 0. The van der Waals surface area contributed by atoms with Crippen LogP contribution in [0.3, 0.4) is 0 Å². The summed E-state index contributed by atoms with van der Waals surface area (Å²) in [6.07, 6.45) is 3.01. The molecule has 148 valence electrons. The van der Waals surface area contributed by atoms with Crippen molar-refractivity contribution in [2.45, 2.75) is 43.9 Å². The fourth-order valence-electron chi connectivity index (χ4n) is 5.01. The number of hydrogen-bond donors (Lipinski definition) is 1.